The van der Waals surface area contributed by atoms with E-state index in [0.29, 0.717) is 11.6 Å². The van der Waals surface area contributed by atoms with Crippen LogP contribution in [0.25, 0.3) is 5.76 Å². The van der Waals surface area contributed by atoms with Crippen LogP contribution < -0.4 is 4.74 Å². The molecule has 138 valence electrons. The number of hydrogen-bond acceptors (Lipinski definition) is 5. The maximum absolute atomic E-state index is 13.6. The van der Waals surface area contributed by atoms with Crippen molar-refractivity contribution >= 4 is 21.6 Å². The van der Waals surface area contributed by atoms with Gasteiger partial charge in [0.2, 0.25) is 0 Å². The van der Waals surface area contributed by atoms with E-state index in [-0.39, 0.29) is 22.8 Å². The standard InChI is InChI=1S/C18H16F2O5S/c1-3-18(21)25-17(11-24-16-9-6-13(19)10-15(16)20)12-4-7-14(8-5-12)26(2,22)23/h4-11H,3H2,1-2H3/b17-11+. The Bertz CT molecular complexity index is 935. The molecule has 5 nitrogen and oxygen atoms in total. The molecule has 0 aliphatic heterocycles. The zero-order chi connectivity index (χ0) is 19.3. The number of sulfone groups is 1. The van der Waals surface area contributed by atoms with E-state index in [2.05, 4.69) is 0 Å². The molecule has 0 N–H and O–H groups in total. The summed E-state index contributed by atoms with van der Waals surface area (Å²) in [7, 11) is -3.38. The molecule has 8 heteroatoms. The molecule has 2 aromatic carbocycles. The van der Waals surface area contributed by atoms with Gasteiger partial charge in [0.1, 0.15) is 12.1 Å². The molecular formula is C18H16F2O5S. The second-order valence-corrected chi connectivity index (χ2v) is 7.31. The van der Waals surface area contributed by atoms with E-state index in [0.717, 1.165) is 24.7 Å². The molecule has 0 saturated heterocycles. The van der Waals surface area contributed by atoms with Gasteiger partial charge in [-0.3, -0.25) is 4.79 Å². The second kappa shape index (κ2) is 8.09. The van der Waals surface area contributed by atoms with Crippen LogP contribution in [0.15, 0.2) is 53.6 Å². The molecule has 2 rings (SSSR count). The Labute approximate surface area is 149 Å². The molecule has 2 aromatic rings. The van der Waals surface area contributed by atoms with Crippen molar-refractivity contribution in [1.82, 2.24) is 0 Å². The summed E-state index contributed by atoms with van der Waals surface area (Å²) >= 11 is 0. The van der Waals surface area contributed by atoms with Crippen molar-refractivity contribution in [1.29, 1.82) is 0 Å². The van der Waals surface area contributed by atoms with E-state index in [1.54, 1.807) is 6.92 Å². The second-order valence-electron chi connectivity index (χ2n) is 5.30. The summed E-state index contributed by atoms with van der Waals surface area (Å²) in [6, 6.07) is 8.30. The van der Waals surface area contributed by atoms with Gasteiger partial charge in [-0.1, -0.05) is 6.92 Å². The van der Waals surface area contributed by atoms with Crippen LogP contribution in [-0.4, -0.2) is 20.6 Å². The molecule has 0 aliphatic carbocycles. The fourth-order valence-corrected chi connectivity index (χ4v) is 2.53. The van der Waals surface area contributed by atoms with Crippen LogP contribution in [0.2, 0.25) is 0 Å². The number of benzene rings is 2. The number of esters is 1. The Hall–Kier alpha value is -2.74. The van der Waals surface area contributed by atoms with Gasteiger partial charge in [-0.2, -0.15) is 0 Å². The lowest BCUT2D eigenvalue weighted by molar-refractivity contribution is -0.136. The number of ether oxygens (including phenoxy) is 2. The summed E-state index contributed by atoms with van der Waals surface area (Å²) in [5.41, 5.74) is 0.349. The Morgan fingerprint density at radius 2 is 1.77 bits per heavy atom. The van der Waals surface area contributed by atoms with Crippen molar-refractivity contribution in [3.05, 3.63) is 65.9 Å². The smallest absolute Gasteiger partial charge is 0.311 e. The van der Waals surface area contributed by atoms with Crippen molar-refractivity contribution in [2.45, 2.75) is 18.2 Å². The highest BCUT2D eigenvalue weighted by molar-refractivity contribution is 7.90. The van der Waals surface area contributed by atoms with E-state index < -0.39 is 27.4 Å². The summed E-state index contributed by atoms with van der Waals surface area (Å²) < 4.78 is 59.9. The maximum atomic E-state index is 13.6. The molecule has 0 fully saturated rings. The molecular weight excluding hydrogens is 366 g/mol. The van der Waals surface area contributed by atoms with E-state index in [9.17, 15) is 22.0 Å². The average Bonchev–Trinajstić information content (AvgIpc) is 2.59. The van der Waals surface area contributed by atoms with Gasteiger partial charge in [-0.15, -0.1) is 0 Å². The molecule has 0 spiro atoms. The fourth-order valence-electron chi connectivity index (χ4n) is 1.90. The number of rotatable bonds is 6. The van der Waals surface area contributed by atoms with Gasteiger partial charge in [-0.25, -0.2) is 17.2 Å². The lowest BCUT2D eigenvalue weighted by atomic mass is 10.2. The first-order valence-corrected chi connectivity index (χ1v) is 9.43. The van der Waals surface area contributed by atoms with E-state index in [1.165, 1.54) is 24.3 Å². The highest BCUT2D eigenvalue weighted by atomic mass is 32.2. The third-order valence-corrected chi connectivity index (χ3v) is 4.39. The Morgan fingerprint density at radius 3 is 2.31 bits per heavy atom. The zero-order valence-electron chi connectivity index (χ0n) is 14.0. The lowest BCUT2D eigenvalue weighted by Crippen LogP contribution is -2.04. The monoisotopic (exact) mass is 382 g/mol. The largest absolute Gasteiger partial charge is 0.458 e. The summed E-state index contributed by atoms with van der Waals surface area (Å²) in [6.45, 7) is 1.59. The highest BCUT2D eigenvalue weighted by Gasteiger charge is 2.13. The van der Waals surface area contributed by atoms with Crippen molar-refractivity contribution in [3.63, 3.8) is 0 Å². The minimum atomic E-state index is -3.38. The van der Waals surface area contributed by atoms with E-state index in [4.69, 9.17) is 9.47 Å². The zero-order valence-corrected chi connectivity index (χ0v) is 14.8. The predicted octanol–water partition coefficient (Wildman–Crippen LogP) is 3.70. The number of halogens is 2. The Morgan fingerprint density at radius 1 is 1.12 bits per heavy atom. The Balaban J connectivity index is 2.34. The third-order valence-electron chi connectivity index (χ3n) is 3.27. The minimum absolute atomic E-state index is 0.0411. The van der Waals surface area contributed by atoms with Gasteiger partial charge in [0, 0.05) is 24.3 Å². The average molecular weight is 382 g/mol. The van der Waals surface area contributed by atoms with Crippen LogP contribution >= 0.6 is 0 Å². The maximum Gasteiger partial charge on any atom is 0.311 e. The molecule has 26 heavy (non-hydrogen) atoms. The van der Waals surface area contributed by atoms with Crippen LogP contribution in [0.5, 0.6) is 5.75 Å². The number of carbonyl (C=O) groups excluding carboxylic acids is 1. The highest BCUT2D eigenvalue weighted by Crippen LogP contribution is 2.23. The number of hydrogen-bond donors (Lipinski definition) is 0. The molecule has 0 saturated carbocycles. The summed E-state index contributed by atoms with van der Waals surface area (Å²) in [4.78, 5) is 11.7. The van der Waals surface area contributed by atoms with Gasteiger partial charge < -0.3 is 9.47 Å². The molecule has 0 radical (unpaired) electrons. The first-order chi connectivity index (χ1) is 12.2. The summed E-state index contributed by atoms with van der Waals surface area (Å²) in [5, 5.41) is 0. The van der Waals surface area contributed by atoms with Gasteiger partial charge in [0.25, 0.3) is 0 Å². The topological polar surface area (TPSA) is 69.7 Å². The molecule has 0 aromatic heterocycles. The lowest BCUT2D eigenvalue weighted by Gasteiger charge is -2.10. The predicted molar refractivity (Wildman–Crippen MR) is 90.9 cm³/mol. The van der Waals surface area contributed by atoms with Crippen molar-refractivity contribution < 1.29 is 31.5 Å². The van der Waals surface area contributed by atoms with Gasteiger partial charge >= 0.3 is 5.97 Å². The van der Waals surface area contributed by atoms with Crippen molar-refractivity contribution in [3.8, 4) is 5.75 Å². The summed E-state index contributed by atoms with van der Waals surface area (Å²) in [5.74, 6) is -2.54. The van der Waals surface area contributed by atoms with Crippen molar-refractivity contribution in [2.75, 3.05) is 6.26 Å². The van der Waals surface area contributed by atoms with E-state index >= 15 is 0 Å². The fraction of sp³-hybridized carbons (Fsp3) is 0.167. The van der Waals surface area contributed by atoms with Crippen molar-refractivity contribution in [2.24, 2.45) is 0 Å². The van der Waals surface area contributed by atoms with Crippen LogP contribution in [-0.2, 0) is 19.4 Å². The van der Waals surface area contributed by atoms with Crippen LogP contribution in [0, 0.1) is 11.6 Å². The van der Waals surface area contributed by atoms with Gasteiger partial charge in [0.05, 0.1) is 4.90 Å². The third kappa shape index (κ3) is 5.13. The Kier molecular flexibility index (Phi) is 6.10. The molecule has 0 unspecified atom stereocenters. The van der Waals surface area contributed by atoms with E-state index in [1.807, 2.05) is 0 Å². The minimum Gasteiger partial charge on any atom is -0.458 e. The quantitative estimate of drug-likeness (QED) is 0.563. The first-order valence-electron chi connectivity index (χ1n) is 7.53. The summed E-state index contributed by atoms with van der Waals surface area (Å²) in [6.07, 6.45) is 2.15. The SMILES string of the molecule is CCC(=O)O/C(=C/Oc1ccc(F)cc1F)c1ccc(S(C)(=O)=O)cc1. The molecule has 0 amide bonds. The molecule has 0 heterocycles. The molecule has 0 aliphatic rings. The van der Waals surface area contributed by atoms with Gasteiger partial charge in [-0.05, 0) is 36.4 Å². The normalized spacial score (nSPS) is 11.9. The van der Waals surface area contributed by atoms with Crippen LogP contribution in [0.1, 0.15) is 18.9 Å². The van der Waals surface area contributed by atoms with Crippen LogP contribution in [0.4, 0.5) is 8.78 Å². The first kappa shape index (κ1) is 19.6. The molecule has 0 atom stereocenters. The number of carbonyl (C=O) groups is 1. The van der Waals surface area contributed by atoms with Gasteiger partial charge in [0.15, 0.2) is 27.2 Å². The molecule has 0 bridgehead atoms. The van der Waals surface area contributed by atoms with Crippen LogP contribution in [0.3, 0.4) is 0 Å².